The van der Waals surface area contributed by atoms with E-state index >= 15 is 0 Å². The van der Waals surface area contributed by atoms with Crippen molar-refractivity contribution < 1.29 is 4.55 Å². The summed E-state index contributed by atoms with van der Waals surface area (Å²) in [7, 11) is 1.96. The molecule has 0 radical (unpaired) electrons. The molecule has 1 aromatic carbocycles. The van der Waals surface area contributed by atoms with Crippen LogP contribution in [0.1, 0.15) is 22.4 Å². The van der Waals surface area contributed by atoms with Crippen LogP contribution in [0.5, 0.6) is 0 Å². The van der Waals surface area contributed by atoms with Crippen molar-refractivity contribution in [1.82, 2.24) is 9.78 Å². The largest absolute Gasteiger partial charge is 0.611 e. The Bertz CT molecular complexity index is 563. The number of rotatable bonds is 4. The zero-order valence-corrected chi connectivity index (χ0v) is 14.3. The van der Waals surface area contributed by atoms with Gasteiger partial charge in [-0.25, -0.2) is 0 Å². The van der Waals surface area contributed by atoms with Crippen LogP contribution in [0.25, 0.3) is 0 Å². The third-order valence-corrected chi connectivity index (χ3v) is 5.77. The van der Waals surface area contributed by atoms with Gasteiger partial charge < -0.3 is 4.55 Å². The van der Waals surface area contributed by atoms with Gasteiger partial charge in [-0.1, -0.05) is 6.07 Å². The number of hydrogen-bond donors (Lipinski definition) is 0. The molecular formula is C14H17IN2OS. The van der Waals surface area contributed by atoms with Crippen LogP contribution < -0.4 is 0 Å². The molecule has 1 atom stereocenters. The number of benzene rings is 1. The van der Waals surface area contributed by atoms with Crippen molar-refractivity contribution in [1.29, 1.82) is 0 Å². The Labute approximate surface area is 130 Å². The van der Waals surface area contributed by atoms with E-state index in [1.165, 1.54) is 16.8 Å². The monoisotopic (exact) mass is 388 g/mol. The Balaban J connectivity index is 2.33. The van der Waals surface area contributed by atoms with E-state index in [0.29, 0.717) is 3.76 Å². The average molecular weight is 388 g/mol. The molecule has 0 amide bonds. The highest BCUT2D eigenvalue weighted by atomic mass is 127. The molecule has 3 nitrogen and oxygen atoms in total. The van der Waals surface area contributed by atoms with E-state index in [0.717, 1.165) is 16.9 Å². The van der Waals surface area contributed by atoms with Gasteiger partial charge in [-0.05, 0) is 76.4 Å². The van der Waals surface area contributed by atoms with Gasteiger partial charge in [0.1, 0.15) is 0 Å². The van der Waals surface area contributed by atoms with E-state index in [9.17, 15) is 4.55 Å². The highest BCUT2D eigenvalue weighted by Crippen LogP contribution is 2.20. The molecule has 5 heteroatoms. The summed E-state index contributed by atoms with van der Waals surface area (Å²) in [4.78, 5) is 0.921. The second-order valence-electron chi connectivity index (χ2n) is 4.68. The summed E-state index contributed by atoms with van der Waals surface area (Å²) >= 11 is 1.25. The van der Waals surface area contributed by atoms with Crippen molar-refractivity contribution in [2.24, 2.45) is 7.05 Å². The van der Waals surface area contributed by atoms with Gasteiger partial charge in [0.2, 0.25) is 0 Å². The second-order valence-corrected chi connectivity index (χ2v) is 7.93. The Morgan fingerprint density at radius 2 is 2.05 bits per heavy atom. The van der Waals surface area contributed by atoms with Crippen molar-refractivity contribution in [2.45, 2.75) is 25.2 Å². The number of hydrogen-bond acceptors (Lipinski definition) is 2. The van der Waals surface area contributed by atoms with Gasteiger partial charge in [0, 0.05) is 19.2 Å². The first-order valence-corrected chi connectivity index (χ1v) is 8.88. The molecule has 0 N–H and O–H groups in total. The molecule has 2 aromatic rings. The quantitative estimate of drug-likeness (QED) is 0.459. The predicted octanol–water partition coefficient (Wildman–Crippen LogP) is 3.13. The molecule has 2 rings (SSSR count). The van der Waals surface area contributed by atoms with Gasteiger partial charge in [0.05, 0.1) is 6.20 Å². The first-order chi connectivity index (χ1) is 9.01. The maximum Gasteiger partial charge on any atom is 0.160 e. The number of nitrogens with zero attached hydrogens (tertiary/aromatic N) is 2. The SMILES string of the molecule is Cc1cc(Cc2c(C)cnn2C)cc([S+]([O-])CI)c1. The average Bonchev–Trinajstić information content (AvgIpc) is 2.69. The van der Waals surface area contributed by atoms with E-state index in [4.69, 9.17) is 0 Å². The zero-order chi connectivity index (χ0) is 14.0. The molecule has 0 fully saturated rings. The van der Waals surface area contributed by atoms with Crippen molar-refractivity contribution in [2.75, 3.05) is 3.76 Å². The lowest BCUT2D eigenvalue weighted by atomic mass is 10.1. The van der Waals surface area contributed by atoms with Crippen LogP contribution in [-0.4, -0.2) is 18.1 Å². The summed E-state index contributed by atoms with van der Waals surface area (Å²) in [5, 5.41) is 4.26. The van der Waals surface area contributed by atoms with Gasteiger partial charge in [-0.3, -0.25) is 4.68 Å². The Morgan fingerprint density at radius 3 is 2.63 bits per heavy atom. The number of aryl methyl sites for hydroxylation is 3. The van der Waals surface area contributed by atoms with E-state index in [-0.39, 0.29) is 0 Å². The molecule has 102 valence electrons. The maximum absolute atomic E-state index is 11.9. The molecule has 0 aliphatic rings. The van der Waals surface area contributed by atoms with Crippen molar-refractivity contribution in [3.63, 3.8) is 0 Å². The van der Waals surface area contributed by atoms with Gasteiger partial charge in [-0.2, -0.15) is 5.10 Å². The lowest BCUT2D eigenvalue weighted by Gasteiger charge is -2.11. The standard InChI is InChI=1S/C14H17IN2OS/c1-10-4-12(6-13(5-10)19(18)9-15)7-14-11(2)8-16-17(14)3/h4-6,8H,7,9H2,1-3H3. The minimum absolute atomic E-state index is 0.630. The predicted molar refractivity (Wildman–Crippen MR) is 87.2 cm³/mol. The molecule has 0 aliphatic carbocycles. The molecule has 0 saturated heterocycles. The normalized spacial score (nSPS) is 12.7. The van der Waals surface area contributed by atoms with Crippen LogP contribution in [0.15, 0.2) is 29.3 Å². The van der Waals surface area contributed by atoms with E-state index in [1.807, 2.05) is 37.0 Å². The first kappa shape index (κ1) is 14.9. The van der Waals surface area contributed by atoms with Crippen LogP contribution in [0.3, 0.4) is 0 Å². The summed E-state index contributed by atoms with van der Waals surface area (Å²) in [6.07, 6.45) is 2.71. The molecule has 0 saturated carbocycles. The number of aromatic nitrogens is 2. The topological polar surface area (TPSA) is 40.9 Å². The van der Waals surface area contributed by atoms with Gasteiger partial charge in [0.25, 0.3) is 0 Å². The van der Waals surface area contributed by atoms with Gasteiger partial charge in [0.15, 0.2) is 8.66 Å². The van der Waals surface area contributed by atoms with Gasteiger partial charge in [-0.15, -0.1) is 0 Å². The van der Waals surface area contributed by atoms with Crippen LogP contribution >= 0.6 is 22.6 Å². The highest BCUT2D eigenvalue weighted by Gasteiger charge is 2.12. The minimum atomic E-state index is -0.906. The van der Waals surface area contributed by atoms with Crippen LogP contribution in [0.4, 0.5) is 0 Å². The summed E-state index contributed by atoms with van der Waals surface area (Å²) in [6.45, 7) is 4.12. The fourth-order valence-corrected chi connectivity index (χ4v) is 3.95. The summed E-state index contributed by atoms with van der Waals surface area (Å²) < 4.78 is 14.5. The summed E-state index contributed by atoms with van der Waals surface area (Å²) in [5.74, 6) is 0. The molecule has 1 aromatic heterocycles. The zero-order valence-electron chi connectivity index (χ0n) is 11.3. The molecule has 1 unspecified atom stereocenters. The lowest BCUT2D eigenvalue weighted by Crippen LogP contribution is -2.05. The van der Waals surface area contributed by atoms with E-state index in [2.05, 4.69) is 40.7 Å². The Morgan fingerprint density at radius 1 is 1.32 bits per heavy atom. The summed E-state index contributed by atoms with van der Waals surface area (Å²) in [5.41, 5.74) is 4.75. The Hall–Kier alpha value is -0.530. The van der Waals surface area contributed by atoms with Gasteiger partial charge >= 0.3 is 0 Å². The fourth-order valence-electron chi connectivity index (χ4n) is 2.14. The molecule has 0 bridgehead atoms. The maximum atomic E-state index is 11.9. The third-order valence-electron chi connectivity index (χ3n) is 3.11. The molecule has 19 heavy (non-hydrogen) atoms. The first-order valence-electron chi connectivity index (χ1n) is 6.03. The highest BCUT2D eigenvalue weighted by molar-refractivity contribution is 14.1. The summed E-state index contributed by atoms with van der Waals surface area (Å²) in [6, 6.07) is 6.21. The van der Waals surface area contributed by atoms with Crippen molar-refractivity contribution >= 4 is 33.8 Å². The van der Waals surface area contributed by atoms with Crippen molar-refractivity contribution in [3.05, 3.63) is 46.8 Å². The number of halogens is 1. The second kappa shape index (κ2) is 6.28. The molecule has 1 heterocycles. The third kappa shape index (κ3) is 3.52. The lowest BCUT2D eigenvalue weighted by molar-refractivity contribution is 0.600. The van der Waals surface area contributed by atoms with Crippen LogP contribution in [0.2, 0.25) is 0 Å². The minimum Gasteiger partial charge on any atom is -0.611 e. The molecule has 0 spiro atoms. The smallest absolute Gasteiger partial charge is 0.160 e. The van der Waals surface area contributed by atoms with Crippen molar-refractivity contribution in [3.8, 4) is 0 Å². The Kier molecular flexibility index (Phi) is 4.92. The fraction of sp³-hybridized carbons (Fsp3) is 0.357. The van der Waals surface area contributed by atoms with E-state index in [1.54, 1.807) is 0 Å². The van der Waals surface area contributed by atoms with Crippen LogP contribution in [0, 0.1) is 13.8 Å². The van der Waals surface area contributed by atoms with E-state index < -0.39 is 11.2 Å². The molecular weight excluding hydrogens is 371 g/mol. The number of alkyl halides is 1. The van der Waals surface area contributed by atoms with Crippen LogP contribution in [-0.2, 0) is 24.6 Å². The molecule has 0 aliphatic heterocycles.